The zero-order valence-electron chi connectivity index (χ0n) is 12.9. The van der Waals surface area contributed by atoms with Crippen molar-refractivity contribution >= 4 is 34.5 Å². The molecule has 2 heterocycles. The summed E-state index contributed by atoms with van der Waals surface area (Å²) >= 11 is 0. The number of carbonyl (C=O) groups is 1. The molecular formula is C18H18N4O. The molecule has 5 heteroatoms. The molecule has 1 N–H and O–H groups in total. The second kappa shape index (κ2) is 5.43. The van der Waals surface area contributed by atoms with E-state index in [4.69, 9.17) is 0 Å². The Labute approximate surface area is 134 Å². The summed E-state index contributed by atoms with van der Waals surface area (Å²) in [7, 11) is 2.07. The minimum atomic E-state index is 0.614. The third kappa shape index (κ3) is 2.44. The number of anilines is 3. The molecule has 1 aromatic carbocycles. The highest BCUT2D eigenvalue weighted by Crippen LogP contribution is 2.32. The number of hydrogen-bond acceptors (Lipinski definition) is 3. The average molecular weight is 306 g/mol. The van der Waals surface area contributed by atoms with E-state index >= 15 is 0 Å². The summed E-state index contributed by atoms with van der Waals surface area (Å²) in [5.41, 5.74) is 2.53. The topological polar surface area (TPSA) is 52.2 Å². The predicted octanol–water partition coefficient (Wildman–Crippen LogP) is 3.46. The van der Waals surface area contributed by atoms with Gasteiger partial charge in [-0.2, -0.15) is 0 Å². The molecule has 23 heavy (non-hydrogen) atoms. The first kappa shape index (κ1) is 13.8. The zero-order valence-corrected chi connectivity index (χ0v) is 12.9. The number of carbonyl (C=O) groups excluding carboxylic acids is 1. The van der Waals surface area contributed by atoms with Crippen LogP contribution in [0.3, 0.4) is 0 Å². The number of nitrogens with zero attached hydrogens (tertiary/aromatic N) is 3. The number of fused-ring (bicyclic) bond motifs is 1. The Morgan fingerprint density at radius 1 is 1.22 bits per heavy atom. The number of para-hydroxylation sites is 1. The first-order valence-corrected chi connectivity index (χ1v) is 7.77. The quantitative estimate of drug-likeness (QED) is 0.734. The Morgan fingerprint density at radius 3 is 2.78 bits per heavy atom. The molecule has 0 radical (unpaired) electrons. The van der Waals surface area contributed by atoms with E-state index in [0.29, 0.717) is 6.04 Å². The highest BCUT2D eigenvalue weighted by molar-refractivity contribution is 6.00. The van der Waals surface area contributed by atoms with Crippen LogP contribution in [0.4, 0.5) is 17.2 Å². The maximum Gasteiger partial charge on any atom is 0.218 e. The maximum atomic E-state index is 11.7. The van der Waals surface area contributed by atoms with Gasteiger partial charge in [0.2, 0.25) is 6.41 Å². The summed E-state index contributed by atoms with van der Waals surface area (Å²) in [5, 5.41) is 1.08. The number of pyridine rings is 1. The molecule has 3 aromatic rings. The van der Waals surface area contributed by atoms with E-state index in [1.807, 2.05) is 42.6 Å². The molecule has 4 rings (SSSR count). The van der Waals surface area contributed by atoms with E-state index in [-0.39, 0.29) is 0 Å². The van der Waals surface area contributed by atoms with Gasteiger partial charge in [0.05, 0.1) is 23.1 Å². The summed E-state index contributed by atoms with van der Waals surface area (Å²) in [6.45, 7) is 0. The van der Waals surface area contributed by atoms with E-state index < -0.39 is 0 Å². The highest BCUT2D eigenvalue weighted by Gasteiger charge is 2.27. The Morgan fingerprint density at radius 2 is 2.09 bits per heavy atom. The van der Waals surface area contributed by atoms with Crippen LogP contribution in [-0.2, 0) is 4.79 Å². The summed E-state index contributed by atoms with van der Waals surface area (Å²) in [6.07, 6.45) is 6.93. The normalized spacial score (nSPS) is 14.0. The van der Waals surface area contributed by atoms with E-state index in [1.165, 1.54) is 12.8 Å². The van der Waals surface area contributed by atoms with Gasteiger partial charge in [-0.05, 0) is 37.1 Å². The number of H-pyrrole nitrogens is 1. The molecule has 116 valence electrons. The molecule has 0 spiro atoms. The first-order chi connectivity index (χ1) is 11.3. The van der Waals surface area contributed by atoms with Gasteiger partial charge in [0, 0.05) is 24.7 Å². The van der Waals surface area contributed by atoms with Crippen LogP contribution in [0.5, 0.6) is 0 Å². The van der Waals surface area contributed by atoms with Gasteiger partial charge in [-0.15, -0.1) is 0 Å². The molecule has 0 unspecified atom stereocenters. The highest BCUT2D eigenvalue weighted by atomic mass is 16.1. The van der Waals surface area contributed by atoms with E-state index in [0.717, 1.165) is 34.5 Å². The van der Waals surface area contributed by atoms with Crippen LogP contribution in [0, 0.1) is 0 Å². The molecule has 5 nitrogen and oxygen atoms in total. The number of nitrogens with one attached hydrogen (secondary N) is 1. The number of amides is 1. The Balaban J connectivity index is 1.69. The smallest absolute Gasteiger partial charge is 0.218 e. The molecule has 1 aliphatic rings. The van der Waals surface area contributed by atoms with Crippen LogP contribution in [-0.4, -0.2) is 29.5 Å². The monoisotopic (exact) mass is 306 g/mol. The fourth-order valence-corrected chi connectivity index (χ4v) is 2.90. The second-order valence-corrected chi connectivity index (χ2v) is 5.91. The van der Waals surface area contributed by atoms with Crippen molar-refractivity contribution in [1.82, 2.24) is 9.97 Å². The lowest BCUT2D eigenvalue weighted by molar-refractivity contribution is -0.106. The largest absolute Gasteiger partial charge is 0.359 e. The van der Waals surface area contributed by atoms with Gasteiger partial charge in [-0.25, -0.2) is 4.98 Å². The molecule has 0 saturated heterocycles. The van der Waals surface area contributed by atoms with Crippen molar-refractivity contribution in [2.24, 2.45) is 0 Å². The van der Waals surface area contributed by atoms with Crippen molar-refractivity contribution in [1.29, 1.82) is 0 Å². The molecule has 1 saturated carbocycles. The Bertz CT molecular complexity index is 836. The lowest BCUT2D eigenvalue weighted by Crippen LogP contribution is -2.21. The van der Waals surface area contributed by atoms with Crippen molar-refractivity contribution in [2.75, 3.05) is 16.8 Å². The maximum absolute atomic E-state index is 11.7. The first-order valence-electron chi connectivity index (χ1n) is 7.77. The van der Waals surface area contributed by atoms with Gasteiger partial charge in [-0.3, -0.25) is 9.69 Å². The summed E-state index contributed by atoms with van der Waals surface area (Å²) < 4.78 is 0. The fourth-order valence-electron chi connectivity index (χ4n) is 2.90. The van der Waals surface area contributed by atoms with Gasteiger partial charge >= 0.3 is 0 Å². The lowest BCUT2D eigenvalue weighted by Gasteiger charge is -2.21. The third-order valence-electron chi connectivity index (χ3n) is 4.40. The molecule has 0 aliphatic heterocycles. The van der Waals surface area contributed by atoms with Crippen molar-refractivity contribution in [2.45, 2.75) is 18.9 Å². The van der Waals surface area contributed by atoms with Crippen molar-refractivity contribution in [3.05, 3.63) is 48.8 Å². The minimum absolute atomic E-state index is 0.614. The fraction of sp³-hybridized carbons (Fsp3) is 0.222. The van der Waals surface area contributed by atoms with E-state index in [1.54, 1.807) is 11.1 Å². The van der Waals surface area contributed by atoms with E-state index in [2.05, 4.69) is 21.9 Å². The number of benzene rings is 1. The standard InChI is InChI=1S/C18H18N4O/c1-21(14-5-6-14)17-8-7-15(11-20-17)22(12-23)16-4-2-3-13-9-10-19-18(13)16/h2-4,7-12,14,19H,5-6H2,1H3. The Hall–Kier alpha value is -2.82. The van der Waals surface area contributed by atoms with E-state index in [9.17, 15) is 4.79 Å². The number of rotatable bonds is 5. The summed E-state index contributed by atoms with van der Waals surface area (Å²) in [5.74, 6) is 0.945. The SMILES string of the molecule is CN(c1ccc(N(C=O)c2cccc3cc[nH]c23)cn1)C1CC1. The molecule has 0 atom stereocenters. The molecule has 1 aliphatic carbocycles. The lowest BCUT2D eigenvalue weighted by atomic mass is 10.2. The third-order valence-corrected chi connectivity index (χ3v) is 4.40. The second-order valence-electron chi connectivity index (χ2n) is 5.91. The summed E-state index contributed by atoms with van der Waals surface area (Å²) in [4.78, 5) is 23.2. The van der Waals surface area contributed by atoms with Gasteiger partial charge in [0.1, 0.15) is 5.82 Å². The van der Waals surface area contributed by atoms with Gasteiger partial charge in [-0.1, -0.05) is 12.1 Å². The van der Waals surface area contributed by atoms with Crippen LogP contribution in [0.25, 0.3) is 10.9 Å². The molecule has 2 aromatic heterocycles. The minimum Gasteiger partial charge on any atom is -0.359 e. The Kier molecular flexibility index (Phi) is 3.26. The number of aromatic nitrogens is 2. The van der Waals surface area contributed by atoms with Crippen LogP contribution in [0.1, 0.15) is 12.8 Å². The van der Waals surface area contributed by atoms with Crippen LogP contribution < -0.4 is 9.80 Å². The number of hydrogen-bond donors (Lipinski definition) is 1. The summed E-state index contributed by atoms with van der Waals surface area (Å²) in [6, 6.07) is 12.4. The molecule has 1 fully saturated rings. The molecular weight excluding hydrogens is 288 g/mol. The van der Waals surface area contributed by atoms with Crippen molar-refractivity contribution in [3.8, 4) is 0 Å². The van der Waals surface area contributed by atoms with Crippen molar-refractivity contribution < 1.29 is 4.79 Å². The van der Waals surface area contributed by atoms with Crippen LogP contribution in [0.15, 0.2) is 48.8 Å². The molecule has 1 amide bonds. The number of aromatic amines is 1. The predicted molar refractivity (Wildman–Crippen MR) is 92.2 cm³/mol. The van der Waals surface area contributed by atoms with Crippen LogP contribution >= 0.6 is 0 Å². The van der Waals surface area contributed by atoms with Gasteiger partial charge in [0.25, 0.3) is 0 Å². The molecule has 0 bridgehead atoms. The van der Waals surface area contributed by atoms with Gasteiger partial charge < -0.3 is 9.88 Å². The van der Waals surface area contributed by atoms with Crippen molar-refractivity contribution in [3.63, 3.8) is 0 Å². The van der Waals surface area contributed by atoms with Gasteiger partial charge in [0.15, 0.2) is 0 Å². The van der Waals surface area contributed by atoms with Crippen LogP contribution in [0.2, 0.25) is 0 Å². The zero-order chi connectivity index (χ0) is 15.8. The average Bonchev–Trinajstić information content (AvgIpc) is 3.33.